The molecule has 1 saturated carbocycles. The molecule has 0 spiro atoms. The van der Waals surface area contributed by atoms with E-state index in [1.165, 1.54) is 0 Å². The second-order valence-corrected chi connectivity index (χ2v) is 7.17. The van der Waals surface area contributed by atoms with Crippen LogP contribution in [0.25, 0.3) is 0 Å². The molecule has 112 valence electrons. The number of nitrogens with one attached hydrogen (secondary N) is 1. The maximum Gasteiger partial charge on any atom is 0.271 e. The van der Waals surface area contributed by atoms with Gasteiger partial charge in [-0.1, -0.05) is 35.8 Å². The molecule has 0 radical (unpaired) electrons. The standard InChI is InChI=1S/C16H19BrN2O2/c1-10-4-5-11(6-14(10)17)15(21)19-18-12-7-13(20)9-16(2,3)8-12/h4-6H,7-9H2,1-3H3,(H,19,21). The Morgan fingerprint density at radius 1 is 1.33 bits per heavy atom. The van der Waals surface area contributed by atoms with Crippen molar-refractivity contribution in [2.45, 2.75) is 40.0 Å². The van der Waals surface area contributed by atoms with Crippen molar-refractivity contribution in [3.63, 3.8) is 0 Å². The minimum atomic E-state index is -0.265. The molecule has 1 aromatic rings. The third kappa shape index (κ3) is 4.24. The van der Waals surface area contributed by atoms with Crippen LogP contribution in [-0.4, -0.2) is 17.4 Å². The SMILES string of the molecule is Cc1ccc(C(=O)NN=C2CC(=O)CC(C)(C)C2)cc1Br. The zero-order valence-corrected chi connectivity index (χ0v) is 14.1. The fourth-order valence-electron chi connectivity index (χ4n) is 2.51. The minimum Gasteiger partial charge on any atom is -0.299 e. The number of hydrazone groups is 1. The molecule has 0 saturated heterocycles. The van der Waals surface area contributed by atoms with E-state index in [0.717, 1.165) is 22.2 Å². The number of amides is 1. The van der Waals surface area contributed by atoms with E-state index in [2.05, 4.69) is 26.5 Å². The zero-order valence-electron chi connectivity index (χ0n) is 12.5. The minimum absolute atomic E-state index is 0.0776. The highest BCUT2D eigenvalue weighted by Gasteiger charge is 2.30. The first-order valence-electron chi connectivity index (χ1n) is 6.90. The second-order valence-electron chi connectivity index (χ2n) is 6.32. The van der Waals surface area contributed by atoms with Gasteiger partial charge < -0.3 is 0 Å². The molecule has 0 bridgehead atoms. The summed E-state index contributed by atoms with van der Waals surface area (Å²) in [7, 11) is 0. The Bertz CT molecular complexity index is 621. The van der Waals surface area contributed by atoms with Crippen LogP contribution in [0.4, 0.5) is 0 Å². The van der Waals surface area contributed by atoms with E-state index in [-0.39, 0.29) is 17.1 Å². The third-order valence-corrected chi connectivity index (χ3v) is 4.36. The number of carbonyl (C=O) groups excluding carboxylic acids is 2. The van der Waals surface area contributed by atoms with Crippen molar-refractivity contribution < 1.29 is 9.59 Å². The first-order chi connectivity index (χ1) is 9.77. The monoisotopic (exact) mass is 350 g/mol. The normalized spacial score (nSPS) is 19.6. The largest absolute Gasteiger partial charge is 0.299 e. The fourth-order valence-corrected chi connectivity index (χ4v) is 2.89. The van der Waals surface area contributed by atoms with Gasteiger partial charge in [-0.05, 0) is 36.5 Å². The van der Waals surface area contributed by atoms with Gasteiger partial charge in [-0.25, -0.2) is 5.43 Å². The van der Waals surface area contributed by atoms with Crippen LogP contribution in [0.1, 0.15) is 49.0 Å². The summed E-state index contributed by atoms with van der Waals surface area (Å²) in [5, 5.41) is 4.14. The van der Waals surface area contributed by atoms with Crippen LogP contribution in [0, 0.1) is 12.3 Å². The Morgan fingerprint density at radius 3 is 2.67 bits per heavy atom. The number of aryl methyl sites for hydroxylation is 1. The van der Waals surface area contributed by atoms with Gasteiger partial charge in [0.05, 0.1) is 0 Å². The van der Waals surface area contributed by atoms with Gasteiger partial charge in [0.2, 0.25) is 0 Å². The summed E-state index contributed by atoms with van der Waals surface area (Å²) in [5.41, 5.74) is 4.83. The van der Waals surface area contributed by atoms with Crippen molar-refractivity contribution >= 4 is 33.3 Å². The quantitative estimate of drug-likeness (QED) is 0.828. The zero-order chi connectivity index (χ0) is 15.6. The summed E-state index contributed by atoms with van der Waals surface area (Å²) < 4.78 is 0.886. The van der Waals surface area contributed by atoms with Crippen molar-refractivity contribution in [2.75, 3.05) is 0 Å². The lowest BCUT2D eigenvalue weighted by Gasteiger charge is -2.29. The maximum atomic E-state index is 12.1. The summed E-state index contributed by atoms with van der Waals surface area (Å²) in [6.07, 6.45) is 1.64. The predicted molar refractivity (Wildman–Crippen MR) is 86.4 cm³/mol. The number of Topliss-reactive ketones (excluding diaryl/α,β-unsaturated/α-hetero) is 1. The Hall–Kier alpha value is -1.49. The number of ketones is 1. The average molecular weight is 351 g/mol. The molecule has 0 aromatic heterocycles. The van der Waals surface area contributed by atoms with Crippen LogP contribution in [0.5, 0.6) is 0 Å². The molecule has 0 atom stereocenters. The van der Waals surface area contributed by atoms with Gasteiger partial charge in [-0.15, -0.1) is 0 Å². The number of benzene rings is 1. The predicted octanol–water partition coefficient (Wildman–Crippen LogP) is 3.62. The molecule has 5 heteroatoms. The Balaban J connectivity index is 2.07. The second kappa shape index (κ2) is 6.10. The summed E-state index contributed by atoms with van der Waals surface area (Å²) in [6.45, 7) is 6.04. The molecule has 0 unspecified atom stereocenters. The maximum absolute atomic E-state index is 12.1. The molecule has 0 aliphatic heterocycles. The molecule has 21 heavy (non-hydrogen) atoms. The number of rotatable bonds is 2. The highest BCUT2D eigenvalue weighted by Crippen LogP contribution is 2.31. The molecule has 1 aliphatic carbocycles. The summed E-state index contributed by atoms with van der Waals surface area (Å²) in [6, 6.07) is 5.39. The molecule has 1 fully saturated rings. The van der Waals surface area contributed by atoms with E-state index in [4.69, 9.17) is 0 Å². The molecule has 0 heterocycles. The van der Waals surface area contributed by atoms with Gasteiger partial charge in [0.1, 0.15) is 5.78 Å². The van der Waals surface area contributed by atoms with E-state index < -0.39 is 0 Å². The van der Waals surface area contributed by atoms with E-state index in [1.54, 1.807) is 12.1 Å². The topological polar surface area (TPSA) is 58.5 Å². The van der Waals surface area contributed by atoms with Crippen LogP contribution in [-0.2, 0) is 4.79 Å². The van der Waals surface area contributed by atoms with Crippen LogP contribution in [0.15, 0.2) is 27.8 Å². The van der Waals surface area contributed by atoms with Crippen molar-refractivity contribution in [3.8, 4) is 0 Å². The third-order valence-electron chi connectivity index (χ3n) is 3.51. The number of halogens is 1. The molecular weight excluding hydrogens is 332 g/mol. The van der Waals surface area contributed by atoms with Crippen LogP contribution >= 0.6 is 15.9 Å². The van der Waals surface area contributed by atoms with Gasteiger partial charge in [0, 0.05) is 28.6 Å². The number of hydrogen-bond donors (Lipinski definition) is 1. The van der Waals surface area contributed by atoms with E-state index in [9.17, 15) is 9.59 Å². The van der Waals surface area contributed by atoms with Crippen LogP contribution < -0.4 is 5.43 Å². The molecule has 1 aliphatic rings. The lowest BCUT2D eigenvalue weighted by atomic mass is 9.76. The first-order valence-corrected chi connectivity index (χ1v) is 7.70. The van der Waals surface area contributed by atoms with Crippen molar-refractivity contribution in [1.29, 1.82) is 0 Å². The lowest BCUT2D eigenvalue weighted by molar-refractivity contribution is -0.120. The molecular formula is C16H19BrN2O2. The Kier molecular flexibility index (Phi) is 4.61. The highest BCUT2D eigenvalue weighted by atomic mass is 79.9. The van der Waals surface area contributed by atoms with Gasteiger partial charge in [0.15, 0.2) is 0 Å². The van der Waals surface area contributed by atoms with Gasteiger partial charge in [-0.3, -0.25) is 9.59 Å². The molecule has 1 aromatic carbocycles. The van der Waals surface area contributed by atoms with Crippen molar-refractivity contribution in [3.05, 3.63) is 33.8 Å². The average Bonchev–Trinajstić information content (AvgIpc) is 2.37. The Morgan fingerprint density at radius 2 is 2.05 bits per heavy atom. The van der Waals surface area contributed by atoms with Crippen LogP contribution in [0.2, 0.25) is 0 Å². The molecule has 1 amide bonds. The highest BCUT2D eigenvalue weighted by molar-refractivity contribution is 9.10. The van der Waals surface area contributed by atoms with E-state index >= 15 is 0 Å². The van der Waals surface area contributed by atoms with Gasteiger partial charge in [-0.2, -0.15) is 5.10 Å². The first kappa shape index (κ1) is 15.9. The summed E-state index contributed by atoms with van der Waals surface area (Å²) in [4.78, 5) is 23.8. The van der Waals surface area contributed by atoms with E-state index in [1.807, 2.05) is 26.8 Å². The van der Waals surface area contributed by atoms with Crippen molar-refractivity contribution in [2.24, 2.45) is 10.5 Å². The van der Waals surface area contributed by atoms with Crippen molar-refractivity contribution in [1.82, 2.24) is 5.43 Å². The molecule has 1 N–H and O–H groups in total. The number of carbonyl (C=O) groups is 2. The smallest absolute Gasteiger partial charge is 0.271 e. The lowest BCUT2D eigenvalue weighted by Crippen LogP contribution is -2.31. The van der Waals surface area contributed by atoms with E-state index in [0.29, 0.717) is 18.4 Å². The summed E-state index contributed by atoms with van der Waals surface area (Å²) in [5.74, 6) is -0.0867. The van der Waals surface area contributed by atoms with Gasteiger partial charge >= 0.3 is 0 Å². The van der Waals surface area contributed by atoms with Gasteiger partial charge in [0.25, 0.3) is 5.91 Å². The fraction of sp³-hybridized carbons (Fsp3) is 0.438. The molecule has 4 nitrogen and oxygen atoms in total. The summed E-state index contributed by atoms with van der Waals surface area (Å²) >= 11 is 3.40. The Labute approximate surface area is 133 Å². The molecule has 2 rings (SSSR count). The van der Waals surface area contributed by atoms with Crippen LogP contribution in [0.3, 0.4) is 0 Å². The number of hydrogen-bond acceptors (Lipinski definition) is 3. The number of nitrogens with zero attached hydrogens (tertiary/aromatic N) is 1.